The molecule has 3 N–H and O–H groups in total. The fourth-order valence-electron chi connectivity index (χ4n) is 4.66. The molecule has 1 aliphatic rings. The predicted molar refractivity (Wildman–Crippen MR) is 163 cm³/mol. The first-order valence-electron chi connectivity index (χ1n) is 13.3. The van der Waals surface area contributed by atoms with Gasteiger partial charge in [-0.25, -0.2) is 4.79 Å². The van der Waals surface area contributed by atoms with Gasteiger partial charge in [0, 0.05) is 17.7 Å². The van der Waals surface area contributed by atoms with E-state index in [1.807, 2.05) is 0 Å². The smallest absolute Gasteiger partial charge is 0.808 e. The number of aromatic amines is 1. The molecule has 0 bridgehead atoms. The van der Waals surface area contributed by atoms with E-state index in [9.17, 15) is 48.3 Å². The number of halogens is 2. The summed E-state index contributed by atoms with van der Waals surface area (Å²) < 4.78 is 56.1. The van der Waals surface area contributed by atoms with Gasteiger partial charge in [-0.05, 0) is 43.0 Å². The first-order chi connectivity index (χ1) is 22.2. The van der Waals surface area contributed by atoms with Crippen LogP contribution in [0.1, 0.15) is 28.8 Å². The molecule has 0 aliphatic carbocycles. The molecule has 1 saturated heterocycles. The fourth-order valence-corrected chi connectivity index (χ4v) is 8.96. The molecular formula is C25H25Cl2N2Na4O15P3S. The van der Waals surface area contributed by atoms with Gasteiger partial charge in [0.25, 0.3) is 7.82 Å². The molecular weight excluding hydrogens is 856 g/mol. The average molecular weight is 881 g/mol. The monoisotopic (exact) mass is 880 g/mol. The molecule has 2 unspecified atom stereocenters. The Morgan fingerprint density at radius 2 is 1.37 bits per heavy atom. The zero-order valence-electron chi connectivity index (χ0n) is 28.4. The second kappa shape index (κ2) is 21.9. The van der Waals surface area contributed by atoms with Crippen LogP contribution in [0.4, 0.5) is 0 Å². The standard InChI is InChI=1S/C25H29Cl2N2O15P3S.4Na/c1-40-15-7-3-13(4-8-15)19(14-5-9-16(41-2)10-6-14)17-11-29(24(32)28-22(17)48)23-21(31)20(30)18(43-23)12-42-47(38,39)44-46(36,37)25(26,27)45(33,34)35;;;;/h3-11,18-21,23,30-31H,12H2,1-2H3,(H,36,37)(H,38,39)(H,28,32,48)(H2,33,34,35);;;;/q;4*+1/p-4/t18-,20-,21-,23-;;;;/m1..../s1. The summed E-state index contributed by atoms with van der Waals surface area (Å²) in [5.74, 6) is 0.512. The van der Waals surface area contributed by atoms with Crippen molar-refractivity contribution in [3.63, 3.8) is 0 Å². The average Bonchev–Trinajstić information content (AvgIpc) is 3.29. The minimum absolute atomic E-state index is 0. The zero-order chi connectivity index (χ0) is 35.8. The van der Waals surface area contributed by atoms with Crippen molar-refractivity contribution in [3.05, 3.63) is 86.5 Å². The van der Waals surface area contributed by atoms with E-state index in [2.05, 4.69) is 13.8 Å². The number of nitrogens with one attached hydrogen (secondary N) is 1. The van der Waals surface area contributed by atoms with Gasteiger partial charge in [0.2, 0.25) is 3.82 Å². The van der Waals surface area contributed by atoms with Crippen LogP contribution in [-0.2, 0) is 27.3 Å². The van der Waals surface area contributed by atoms with Crippen molar-refractivity contribution >= 4 is 58.4 Å². The third-order valence-electron chi connectivity index (χ3n) is 7.08. The third kappa shape index (κ3) is 12.5. The van der Waals surface area contributed by atoms with Crippen molar-refractivity contribution in [3.8, 4) is 11.5 Å². The Bertz CT molecular complexity index is 1860. The summed E-state index contributed by atoms with van der Waals surface area (Å²) in [4.78, 5) is 62.0. The first-order valence-corrected chi connectivity index (χ1v) is 19.0. The number of hydrogen-bond donors (Lipinski definition) is 3. The molecule has 0 radical (unpaired) electrons. The van der Waals surface area contributed by atoms with Crippen molar-refractivity contribution in [1.82, 2.24) is 9.55 Å². The van der Waals surface area contributed by atoms with E-state index in [1.165, 1.54) is 20.4 Å². The number of nitrogens with zero attached hydrogens (tertiary/aromatic N) is 1. The molecule has 52 heavy (non-hydrogen) atoms. The quantitative estimate of drug-likeness (QED) is 0.0623. The number of aromatic nitrogens is 2. The van der Waals surface area contributed by atoms with Crippen LogP contribution in [-0.4, -0.2) is 62.7 Å². The minimum atomic E-state index is -6.41. The van der Waals surface area contributed by atoms with Crippen molar-refractivity contribution in [1.29, 1.82) is 0 Å². The zero-order valence-corrected chi connectivity index (χ0v) is 41.5. The van der Waals surface area contributed by atoms with Gasteiger partial charge in [0.15, 0.2) is 13.8 Å². The summed E-state index contributed by atoms with van der Waals surface area (Å²) in [5.41, 5.74) is 0.855. The van der Waals surface area contributed by atoms with Crippen molar-refractivity contribution < 1.29 is 185 Å². The summed E-state index contributed by atoms with van der Waals surface area (Å²) in [6, 6.07) is 13.9. The number of H-pyrrole nitrogens is 1. The molecule has 0 spiro atoms. The number of rotatable bonds is 13. The second-order valence-electron chi connectivity index (χ2n) is 10.1. The molecule has 0 amide bonds. The summed E-state index contributed by atoms with van der Waals surface area (Å²) in [6.07, 6.45) is -5.97. The van der Waals surface area contributed by atoms with Crippen LogP contribution >= 0.6 is 58.4 Å². The van der Waals surface area contributed by atoms with Gasteiger partial charge in [0.1, 0.15) is 34.5 Å². The van der Waals surface area contributed by atoms with Crippen molar-refractivity contribution in [2.45, 2.75) is 34.3 Å². The molecule has 0 saturated carbocycles. The van der Waals surface area contributed by atoms with Crippen LogP contribution < -0.4 is 153 Å². The number of aliphatic hydroxyl groups is 2. The topological polar surface area (TPSA) is 268 Å². The van der Waals surface area contributed by atoms with Gasteiger partial charge < -0.3 is 57.7 Å². The van der Waals surface area contributed by atoms with Gasteiger partial charge >= 0.3 is 124 Å². The van der Waals surface area contributed by atoms with E-state index in [0.717, 1.165) is 4.57 Å². The molecule has 3 aromatic rings. The summed E-state index contributed by atoms with van der Waals surface area (Å²) in [6.45, 7) is -1.23. The maximum absolute atomic E-state index is 13.1. The van der Waals surface area contributed by atoms with Crippen LogP contribution in [0, 0.1) is 4.64 Å². The molecule has 1 fully saturated rings. The van der Waals surface area contributed by atoms with Crippen molar-refractivity contribution in [2.75, 3.05) is 20.8 Å². The fraction of sp³-hybridized carbons (Fsp3) is 0.360. The largest absolute Gasteiger partial charge is 1.00 e. The number of methoxy groups -OCH3 is 2. The van der Waals surface area contributed by atoms with E-state index in [1.54, 1.807) is 48.5 Å². The van der Waals surface area contributed by atoms with Gasteiger partial charge in [-0.3, -0.25) is 18.4 Å². The Morgan fingerprint density at radius 1 is 0.904 bits per heavy atom. The number of phosphoric ester groups is 1. The molecule has 6 atom stereocenters. The summed E-state index contributed by atoms with van der Waals surface area (Å²) in [7, 11) is -15.9. The molecule has 264 valence electrons. The van der Waals surface area contributed by atoms with Crippen LogP contribution in [0.3, 0.4) is 0 Å². The first kappa shape index (κ1) is 54.0. The van der Waals surface area contributed by atoms with Crippen molar-refractivity contribution in [2.24, 2.45) is 0 Å². The number of ether oxygens (including phenoxy) is 3. The van der Waals surface area contributed by atoms with Gasteiger partial charge in [-0.1, -0.05) is 59.7 Å². The summed E-state index contributed by atoms with van der Waals surface area (Å²) in [5, 5.41) is 21.4. The van der Waals surface area contributed by atoms with Gasteiger partial charge in [0.05, 0.1) is 20.8 Å². The van der Waals surface area contributed by atoms with E-state index >= 15 is 0 Å². The maximum Gasteiger partial charge on any atom is 1.00 e. The number of hydrogen-bond acceptors (Lipinski definition) is 16. The number of phosphoric acid groups is 1. The van der Waals surface area contributed by atoms with Crippen LogP contribution in [0.5, 0.6) is 11.5 Å². The Morgan fingerprint density at radius 3 is 1.79 bits per heavy atom. The molecule has 1 aromatic heterocycles. The van der Waals surface area contributed by atoms with Crippen LogP contribution in [0.25, 0.3) is 0 Å². The van der Waals surface area contributed by atoms with E-state index in [-0.39, 0.29) is 123 Å². The number of aliphatic hydroxyl groups excluding tert-OH is 2. The van der Waals surface area contributed by atoms with E-state index in [0.29, 0.717) is 28.2 Å². The maximum atomic E-state index is 13.1. The molecule has 2 heterocycles. The predicted octanol–water partition coefficient (Wildman–Crippen LogP) is -11.2. The second-order valence-corrected chi connectivity index (χ2v) is 18.4. The number of benzene rings is 2. The summed E-state index contributed by atoms with van der Waals surface area (Å²) >= 11 is 15.6. The van der Waals surface area contributed by atoms with E-state index < -0.39 is 69.6 Å². The normalized spacial score (nSPS) is 20.9. The van der Waals surface area contributed by atoms with Crippen LogP contribution in [0.2, 0.25) is 0 Å². The number of alkyl halides is 2. The Labute approximate surface area is 400 Å². The SMILES string of the molecule is COc1ccc(C(c2ccc(OC)cc2)c2cn([C@@H]3O[C@H](COP(=O)([O-])OP(=O)([O-])C(Cl)(Cl)P(=O)([O-])[O-])[C@@H](O)[C@H]3O)c(=O)[nH]c2=S)cc1.[Na+].[Na+].[Na+].[Na+]. The molecule has 27 heteroatoms. The van der Waals surface area contributed by atoms with Gasteiger partial charge in [-0.2, -0.15) is 0 Å². The minimum Gasteiger partial charge on any atom is -0.808 e. The Balaban J connectivity index is 0.00000650. The van der Waals surface area contributed by atoms with Crippen LogP contribution in [0.15, 0.2) is 59.5 Å². The molecule has 4 rings (SSSR count). The van der Waals surface area contributed by atoms with E-state index in [4.69, 9.17) is 49.6 Å². The molecule has 1 aliphatic heterocycles. The Kier molecular flexibility index (Phi) is 22.7. The molecule has 17 nitrogen and oxygen atoms in total. The molecule has 2 aromatic carbocycles. The van der Waals surface area contributed by atoms with Gasteiger partial charge in [-0.15, -0.1) is 0 Å². The Hall–Kier alpha value is 2.05. The third-order valence-corrected chi connectivity index (χ3v) is 14.8.